The highest BCUT2D eigenvalue weighted by Gasteiger charge is 2.30. The minimum absolute atomic E-state index is 0.0134. The number of fused-ring (bicyclic) bond motifs is 1. The molecular weight excluding hydrogens is 391 g/mol. The molecule has 0 saturated carbocycles. The van der Waals surface area contributed by atoms with Crippen LogP contribution in [-0.2, 0) is 11.3 Å². The lowest BCUT2D eigenvalue weighted by Crippen LogP contribution is -2.35. The number of nitrogens with one attached hydrogen (secondary N) is 2. The first-order valence-corrected chi connectivity index (χ1v) is 8.60. The van der Waals surface area contributed by atoms with Crippen LogP contribution in [0.25, 0.3) is 10.9 Å². The molecule has 1 heterocycles. The summed E-state index contributed by atoms with van der Waals surface area (Å²) in [4.78, 5) is 39.1. The number of hydrogen-bond acceptors (Lipinski definition) is 4. The van der Waals surface area contributed by atoms with E-state index >= 15 is 0 Å². The second-order valence-electron chi connectivity index (χ2n) is 6.16. The Hall–Kier alpha value is -3.56. The van der Waals surface area contributed by atoms with Crippen LogP contribution < -0.4 is 21.3 Å². The van der Waals surface area contributed by atoms with Gasteiger partial charge in [0.2, 0.25) is 5.91 Å². The molecule has 0 unspecified atom stereocenters. The second kappa shape index (κ2) is 8.21. The van der Waals surface area contributed by atoms with Gasteiger partial charge in [-0.2, -0.15) is 0 Å². The normalized spacial score (nSPS) is 11.4. The first-order valence-electron chi connectivity index (χ1n) is 8.60. The molecule has 10 heteroatoms. The average Bonchev–Trinajstić information content (AvgIpc) is 2.65. The predicted molar refractivity (Wildman–Crippen MR) is 99.8 cm³/mol. The summed E-state index contributed by atoms with van der Waals surface area (Å²) in [5.41, 5.74) is -0.265. The number of para-hydroxylation sites is 1. The minimum atomic E-state index is -4.79. The Morgan fingerprint density at radius 2 is 1.76 bits per heavy atom. The summed E-state index contributed by atoms with van der Waals surface area (Å²) in [6.45, 7) is 0.0464. The van der Waals surface area contributed by atoms with Gasteiger partial charge in [-0.05, 0) is 42.8 Å². The molecule has 1 amide bonds. The third-order valence-corrected chi connectivity index (χ3v) is 4.05. The molecular formula is C19H16F3N3O4. The van der Waals surface area contributed by atoms with Gasteiger partial charge in [0.25, 0.3) is 5.56 Å². The van der Waals surface area contributed by atoms with Gasteiger partial charge >= 0.3 is 12.1 Å². The Morgan fingerprint density at radius 3 is 2.45 bits per heavy atom. The largest absolute Gasteiger partial charge is 0.573 e. The molecule has 0 bridgehead atoms. The molecule has 0 spiro atoms. The van der Waals surface area contributed by atoms with E-state index in [-0.39, 0.29) is 19.4 Å². The zero-order valence-corrected chi connectivity index (χ0v) is 15.0. The number of anilines is 1. The van der Waals surface area contributed by atoms with Gasteiger partial charge in [0, 0.05) is 18.7 Å². The monoisotopic (exact) mass is 407 g/mol. The molecule has 29 heavy (non-hydrogen) atoms. The van der Waals surface area contributed by atoms with Crippen LogP contribution in [-0.4, -0.2) is 21.8 Å². The lowest BCUT2D eigenvalue weighted by Gasteiger charge is -2.10. The Labute approximate surface area is 161 Å². The molecule has 2 N–H and O–H groups in total. The third-order valence-electron chi connectivity index (χ3n) is 4.05. The van der Waals surface area contributed by atoms with Gasteiger partial charge in [-0.3, -0.25) is 14.2 Å². The number of aromatic nitrogens is 2. The summed E-state index contributed by atoms with van der Waals surface area (Å²) in [5, 5.41) is 2.90. The molecule has 7 nitrogen and oxygen atoms in total. The van der Waals surface area contributed by atoms with Gasteiger partial charge in [-0.25, -0.2) is 4.79 Å². The van der Waals surface area contributed by atoms with E-state index in [0.29, 0.717) is 16.6 Å². The molecule has 0 aliphatic carbocycles. The highest BCUT2D eigenvalue weighted by atomic mass is 19.4. The van der Waals surface area contributed by atoms with Crippen LogP contribution in [0, 0.1) is 0 Å². The molecule has 1 aromatic heterocycles. The summed E-state index contributed by atoms with van der Waals surface area (Å²) in [7, 11) is 0. The summed E-state index contributed by atoms with van der Waals surface area (Å²) in [6, 6.07) is 11.3. The molecule has 2 aromatic carbocycles. The maximum Gasteiger partial charge on any atom is 0.573 e. The van der Waals surface area contributed by atoms with Crippen LogP contribution >= 0.6 is 0 Å². The highest BCUT2D eigenvalue weighted by Crippen LogP contribution is 2.24. The van der Waals surface area contributed by atoms with Gasteiger partial charge < -0.3 is 15.0 Å². The van der Waals surface area contributed by atoms with Crippen molar-refractivity contribution in [2.45, 2.75) is 25.7 Å². The molecule has 0 fully saturated rings. The number of benzene rings is 2. The van der Waals surface area contributed by atoms with Crippen molar-refractivity contribution in [3.63, 3.8) is 0 Å². The van der Waals surface area contributed by atoms with E-state index in [1.807, 2.05) is 0 Å². The van der Waals surface area contributed by atoms with Gasteiger partial charge in [0.1, 0.15) is 5.75 Å². The number of rotatable bonds is 6. The van der Waals surface area contributed by atoms with Crippen LogP contribution in [0.4, 0.5) is 18.9 Å². The highest BCUT2D eigenvalue weighted by molar-refractivity contribution is 5.90. The zero-order valence-electron chi connectivity index (χ0n) is 15.0. The lowest BCUT2D eigenvalue weighted by atomic mass is 10.2. The summed E-state index contributed by atoms with van der Waals surface area (Å²) in [6.07, 6.45) is -4.55. The molecule has 0 atom stereocenters. The molecule has 0 saturated heterocycles. The maximum atomic E-state index is 12.4. The SMILES string of the molecule is O=C(CCCn1c(=O)[nH]c2ccccc2c1=O)Nc1ccc(OC(F)(F)F)cc1. The van der Waals surface area contributed by atoms with Crippen LogP contribution in [0.5, 0.6) is 5.75 Å². The fourth-order valence-corrected chi connectivity index (χ4v) is 2.76. The first kappa shape index (κ1) is 20.2. The van der Waals surface area contributed by atoms with E-state index in [0.717, 1.165) is 16.7 Å². The molecule has 0 radical (unpaired) electrons. The van der Waals surface area contributed by atoms with Gasteiger partial charge in [-0.15, -0.1) is 13.2 Å². The summed E-state index contributed by atoms with van der Waals surface area (Å²) in [5.74, 6) is -0.801. The number of H-pyrrole nitrogens is 1. The number of hydrogen-bond donors (Lipinski definition) is 2. The third kappa shape index (κ3) is 5.24. The molecule has 3 rings (SSSR count). The van der Waals surface area contributed by atoms with E-state index in [9.17, 15) is 27.6 Å². The average molecular weight is 407 g/mol. The molecule has 152 valence electrons. The van der Waals surface area contributed by atoms with Gasteiger partial charge in [0.05, 0.1) is 10.9 Å². The van der Waals surface area contributed by atoms with Gasteiger partial charge in [-0.1, -0.05) is 12.1 Å². The standard InChI is InChI=1S/C19H16F3N3O4/c20-19(21,22)29-13-9-7-12(8-10-13)23-16(26)6-3-11-25-17(27)14-4-1-2-5-15(14)24-18(25)28/h1-2,4-5,7-10H,3,6,11H2,(H,23,26)(H,24,28). The van der Waals surface area contributed by atoms with E-state index < -0.39 is 29.3 Å². The Balaban J connectivity index is 1.57. The molecule has 0 aliphatic heterocycles. The van der Waals surface area contributed by atoms with Crippen molar-refractivity contribution >= 4 is 22.5 Å². The summed E-state index contributed by atoms with van der Waals surface area (Å²) >= 11 is 0. The van der Waals surface area contributed by atoms with E-state index in [4.69, 9.17) is 0 Å². The smallest absolute Gasteiger partial charge is 0.406 e. The molecule has 3 aromatic rings. The maximum absolute atomic E-state index is 12.4. The fourth-order valence-electron chi connectivity index (χ4n) is 2.76. The predicted octanol–water partition coefficient (Wildman–Crippen LogP) is 3.01. The van der Waals surface area contributed by atoms with Crippen LogP contribution in [0.2, 0.25) is 0 Å². The summed E-state index contributed by atoms with van der Waals surface area (Å²) < 4.78 is 41.2. The quantitative estimate of drug-likeness (QED) is 0.657. The number of ether oxygens (including phenoxy) is 1. The first-order chi connectivity index (χ1) is 13.7. The number of carbonyl (C=O) groups is 1. The second-order valence-corrected chi connectivity index (χ2v) is 6.16. The van der Waals surface area contributed by atoms with E-state index in [1.165, 1.54) is 12.1 Å². The number of carbonyl (C=O) groups excluding carboxylic acids is 1. The Kier molecular flexibility index (Phi) is 5.71. The number of halogens is 3. The van der Waals surface area contributed by atoms with Crippen LogP contribution in [0.1, 0.15) is 12.8 Å². The number of aromatic amines is 1. The van der Waals surface area contributed by atoms with Crippen molar-refractivity contribution in [3.8, 4) is 5.75 Å². The number of nitrogens with zero attached hydrogens (tertiary/aromatic N) is 1. The zero-order chi connectivity index (χ0) is 21.0. The number of alkyl halides is 3. The van der Waals surface area contributed by atoms with Crippen LogP contribution in [0.15, 0.2) is 58.1 Å². The van der Waals surface area contributed by atoms with Crippen molar-refractivity contribution in [2.24, 2.45) is 0 Å². The van der Waals surface area contributed by atoms with E-state index in [1.54, 1.807) is 24.3 Å². The molecule has 0 aliphatic rings. The number of amides is 1. The lowest BCUT2D eigenvalue weighted by molar-refractivity contribution is -0.274. The van der Waals surface area contributed by atoms with Crippen molar-refractivity contribution in [3.05, 3.63) is 69.4 Å². The van der Waals surface area contributed by atoms with E-state index in [2.05, 4.69) is 15.0 Å². The Bertz CT molecular complexity index is 1130. The topological polar surface area (TPSA) is 93.2 Å². The van der Waals surface area contributed by atoms with Crippen LogP contribution in [0.3, 0.4) is 0 Å². The minimum Gasteiger partial charge on any atom is -0.406 e. The van der Waals surface area contributed by atoms with Crippen molar-refractivity contribution in [2.75, 3.05) is 5.32 Å². The Morgan fingerprint density at radius 1 is 1.07 bits per heavy atom. The fraction of sp³-hybridized carbons (Fsp3) is 0.211. The van der Waals surface area contributed by atoms with Gasteiger partial charge in [0.15, 0.2) is 0 Å². The van der Waals surface area contributed by atoms with Crippen molar-refractivity contribution in [1.82, 2.24) is 9.55 Å². The van der Waals surface area contributed by atoms with Crippen molar-refractivity contribution in [1.29, 1.82) is 0 Å². The van der Waals surface area contributed by atoms with Crippen molar-refractivity contribution < 1.29 is 22.7 Å².